The Kier molecular flexibility index (Phi) is 8.87. The molecule has 0 amide bonds. The molecule has 2 unspecified atom stereocenters. The molecule has 7 aromatic carbocycles. The maximum absolute atomic E-state index is 7.05. The van der Waals surface area contributed by atoms with Crippen LogP contribution in [0.5, 0.6) is 0 Å². The Morgan fingerprint density at radius 1 is 0.579 bits per heavy atom. The highest BCUT2D eigenvalue weighted by Crippen LogP contribution is 2.39. The maximum atomic E-state index is 7.05. The number of benzene rings is 7. The molecule has 10 rings (SSSR count). The lowest BCUT2D eigenvalue weighted by molar-refractivity contribution is 0.528. The zero-order valence-electron chi connectivity index (χ0n) is 31.8. The summed E-state index contributed by atoms with van der Waals surface area (Å²) in [7, 11) is 0. The van der Waals surface area contributed by atoms with Gasteiger partial charge in [0.05, 0.1) is 34.3 Å². The second kappa shape index (κ2) is 14.6. The summed E-state index contributed by atoms with van der Waals surface area (Å²) in [5.41, 5.74) is 19.9. The van der Waals surface area contributed by atoms with Gasteiger partial charge in [-0.25, -0.2) is 0 Å². The van der Waals surface area contributed by atoms with Gasteiger partial charge in [0.2, 0.25) is 0 Å². The van der Waals surface area contributed by atoms with Gasteiger partial charge in [0.15, 0.2) is 0 Å². The Bertz CT molecular complexity index is 2990. The van der Waals surface area contributed by atoms with Gasteiger partial charge < -0.3 is 15.6 Å². The summed E-state index contributed by atoms with van der Waals surface area (Å²) in [6.45, 7) is 2.78. The predicted molar refractivity (Wildman–Crippen MR) is 240 cm³/mol. The van der Waals surface area contributed by atoms with Crippen LogP contribution in [0.3, 0.4) is 0 Å². The molecule has 0 bridgehead atoms. The van der Waals surface area contributed by atoms with Crippen molar-refractivity contribution in [3.8, 4) is 16.8 Å². The van der Waals surface area contributed by atoms with Gasteiger partial charge in [-0.1, -0.05) is 152 Å². The van der Waals surface area contributed by atoms with Gasteiger partial charge in [0.25, 0.3) is 0 Å². The monoisotopic (exact) mass is 737 g/mol. The highest BCUT2D eigenvalue weighted by atomic mass is 15.2. The van der Waals surface area contributed by atoms with Gasteiger partial charge >= 0.3 is 0 Å². The number of aromatic nitrogens is 2. The third-order valence-electron chi connectivity index (χ3n) is 11.4. The quantitative estimate of drug-likeness (QED) is 0.129. The number of hydrogen-bond donors (Lipinski definition) is 3. The van der Waals surface area contributed by atoms with E-state index >= 15 is 0 Å². The highest BCUT2D eigenvalue weighted by Gasteiger charge is 2.22. The second-order valence-electron chi connectivity index (χ2n) is 14.9. The number of allylic oxidation sites excluding steroid dienone is 3. The first-order valence-corrected chi connectivity index (χ1v) is 19.7. The minimum Gasteiger partial charge on any atom is -0.367 e. The van der Waals surface area contributed by atoms with Crippen molar-refractivity contribution in [3.63, 3.8) is 0 Å². The number of nitrogens with zero attached hydrogens (tertiary/aromatic N) is 2. The fourth-order valence-electron chi connectivity index (χ4n) is 8.51. The molecule has 0 fully saturated rings. The van der Waals surface area contributed by atoms with E-state index in [1.54, 1.807) is 0 Å². The van der Waals surface area contributed by atoms with E-state index in [1.165, 1.54) is 54.8 Å². The van der Waals surface area contributed by atoms with Crippen LogP contribution >= 0.6 is 0 Å². The maximum Gasteiger partial charge on any atom is 0.111 e. The molecular formula is C52H43N5. The number of nitrogens with two attached hydrogens (primary N) is 1. The van der Waals surface area contributed by atoms with E-state index in [-0.39, 0.29) is 12.2 Å². The molecule has 0 saturated carbocycles. The van der Waals surface area contributed by atoms with Crippen LogP contribution in [0.4, 0.5) is 0 Å². The van der Waals surface area contributed by atoms with E-state index in [0.717, 1.165) is 33.7 Å². The Morgan fingerprint density at radius 3 is 1.79 bits per heavy atom. The van der Waals surface area contributed by atoms with E-state index in [9.17, 15) is 0 Å². The molecule has 2 atom stereocenters. The molecule has 0 radical (unpaired) electrons. The number of fused-ring (bicyclic) bond motifs is 6. The minimum absolute atomic E-state index is 0.104. The molecule has 4 N–H and O–H groups in total. The molecule has 9 aromatic rings. The van der Waals surface area contributed by atoms with Crippen LogP contribution in [0.2, 0.25) is 0 Å². The second-order valence-corrected chi connectivity index (χ2v) is 14.9. The van der Waals surface area contributed by atoms with Crippen LogP contribution < -0.4 is 16.4 Å². The molecule has 3 heterocycles. The lowest BCUT2D eigenvalue weighted by Crippen LogP contribution is -2.44. The standard InChI is InChI=1S/C52H43N5/c1-35(36-15-5-2-6-16-36)31-46(39-27-25-38(26-28-39)37-17-7-3-8-18-37)55-52(53)40-29-30-51(54-34-40)57-48-24-14-12-22-43(48)45-32-44-42-21-11-13-23-47(42)56(49(44)33-50(45)57)41-19-9-4-10-20-41/h2-33,46,52,54-55H,34,53H2,1H3/b35-31+. The van der Waals surface area contributed by atoms with Crippen molar-refractivity contribution < 1.29 is 0 Å². The summed E-state index contributed by atoms with van der Waals surface area (Å²) in [4.78, 5) is 0. The first kappa shape index (κ1) is 34.6. The van der Waals surface area contributed by atoms with Gasteiger partial charge in [-0.3, -0.25) is 9.88 Å². The average Bonchev–Trinajstić information content (AvgIpc) is 3.78. The zero-order chi connectivity index (χ0) is 38.3. The normalized spacial score (nSPS) is 14.5. The van der Waals surface area contributed by atoms with Gasteiger partial charge in [-0.05, 0) is 82.8 Å². The van der Waals surface area contributed by atoms with Crippen molar-refractivity contribution in [1.82, 2.24) is 19.8 Å². The van der Waals surface area contributed by atoms with Crippen molar-refractivity contribution >= 4 is 55.0 Å². The fraction of sp³-hybridized carbons (Fsp3) is 0.0769. The lowest BCUT2D eigenvalue weighted by Gasteiger charge is -2.27. The molecule has 0 saturated heterocycles. The first-order chi connectivity index (χ1) is 28.1. The Morgan fingerprint density at radius 2 is 1.14 bits per heavy atom. The molecule has 5 heteroatoms. The van der Waals surface area contributed by atoms with Crippen molar-refractivity contribution in [2.24, 2.45) is 5.73 Å². The van der Waals surface area contributed by atoms with E-state index in [4.69, 9.17) is 5.73 Å². The minimum atomic E-state index is -0.381. The number of nitrogens with one attached hydrogen (secondary N) is 2. The molecule has 276 valence electrons. The van der Waals surface area contributed by atoms with Gasteiger partial charge in [0.1, 0.15) is 5.82 Å². The largest absolute Gasteiger partial charge is 0.367 e. The molecule has 57 heavy (non-hydrogen) atoms. The average molecular weight is 738 g/mol. The number of rotatable bonds is 9. The van der Waals surface area contributed by atoms with E-state index in [1.807, 2.05) is 0 Å². The van der Waals surface area contributed by atoms with Crippen molar-refractivity contribution in [1.29, 1.82) is 0 Å². The van der Waals surface area contributed by atoms with Crippen LogP contribution in [0.25, 0.3) is 71.8 Å². The molecular weight excluding hydrogens is 695 g/mol. The van der Waals surface area contributed by atoms with Crippen LogP contribution in [0, 0.1) is 0 Å². The summed E-state index contributed by atoms with van der Waals surface area (Å²) in [6.07, 6.45) is 6.27. The van der Waals surface area contributed by atoms with Gasteiger partial charge in [-0.15, -0.1) is 0 Å². The number of para-hydroxylation sites is 3. The summed E-state index contributed by atoms with van der Waals surface area (Å²) < 4.78 is 4.75. The number of dihydropyridines is 1. The van der Waals surface area contributed by atoms with Crippen molar-refractivity contribution in [3.05, 3.63) is 211 Å². The topological polar surface area (TPSA) is 59.9 Å². The van der Waals surface area contributed by atoms with E-state index in [0.29, 0.717) is 6.54 Å². The van der Waals surface area contributed by atoms with Gasteiger partial charge in [0, 0.05) is 33.8 Å². The molecule has 1 aliphatic heterocycles. The summed E-state index contributed by atoms with van der Waals surface area (Å²) in [5, 5.41) is 12.5. The van der Waals surface area contributed by atoms with Crippen molar-refractivity contribution in [2.45, 2.75) is 19.1 Å². The summed E-state index contributed by atoms with van der Waals surface area (Å²) >= 11 is 0. The zero-order valence-corrected chi connectivity index (χ0v) is 31.8. The van der Waals surface area contributed by atoms with E-state index in [2.05, 4.69) is 221 Å². The highest BCUT2D eigenvalue weighted by molar-refractivity contribution is 6.19. The molecule has 0 spiro atoms. The summed E-state index contributed by atoms with van der Waals surface area (Å²) in [6, 6.07) is 62.6. The molecule has 2 aromatic heterocycles. The predicted octanol–water partition coefficient (Wildman–Crippen LogP) is 11.6. The van der Waals surface area contributed by atoms with Crippen molar-refractivity contribution in [2.75, 3.05) is 6.54 Å². The van der Waals surface area contributed by atoms with Crippen LogP contribution in [-0.2, 0) is 0 Å². The van der Waals surface area contributed by atoms with E-state index < -0.39 is 0 Å². The van der Waals surface area contributed by atoms with Crippen LogP contribution in [-0.4, -0.2) is 21.8 Å². The molecule has 0 aliphatic carbocycles. The molecule has 1 aliphatic rings. The Hall–Kier alpha value is -6.92. The SMILES string of the molecule is C/C(=C\C(NC(N)C1=CC=C(n2c3ccccc3c3cc4c5ccccc5n(-c5ccccc5)c4cc32)NC1)c1ccc(-c2ccccc2)cc1)c1ccccc1. The lowest BCUT2D eigenvalue weighted by atomic mass is 9.97. The first-order valence-electron chi connectivity index (χ1n) is 19.7. The third-order valence-corrected chi connectivity index (χ3v) is 11.4. The van der Waals surface area contributed by atoms with Crippen LogP contribution in [0.15, 0.2) is 200 Å². The van der Waals surface area contributed by atoms with Gasteiger partial charge in [-0.2, -0.15) is 0 Å². The van der Waals surface area contributed by atoms with Crippen LogP contribution in [0.1, 0.15) is 24.1 Å². The fourth-order valence-corrected chi connectivity index (χ4v) is 8.51. The smallest absolute Gasteiger partial charge is 0.111 e. The third kappa shape index (κ3) is 6.33. The molecule has 5 nitrogen and oxygen atoms in total. The summed E-state index contributed by atoms with van der Waals surface area (Å²) in [5.74, 6) is 1.02. The Labute approximate surface area is 332 Å². The Balaban J connectivity index is 1.02. The number of hydrogen-bond acceptors (Lipinski definition) is 3.